The van der Waals surface area contributed by atoms with Gasteiger partial charge in [0.05, 0.1) is 234 Å². The maximum Gasteiger partial charge on any atom is 0.487 e. The highest BCUT2D eigenvalue weighted by atomic mass is 35.5. The van der Waals surface area contributed by atoms with Gasteiger partial charge in [-0.15, -0.1) is 8.78 Å². The molecule has 710 valence electrons. The minimum Gasteiger partial charge on any atom is -0.491 e. The third kappa shape index (κ3) is 41.4. The highest BCUT2D eigenvalue weighted by Gasteiger charge is 2.35. The van der Waals surface area contributed by atoms with Crippen LogP contribution in [-0.4, -0.2) is 341 Å². The Kier molecular flexibility index (Phi) is 48.1. The number of carbonyl (C=O) groups excluding carboxylic acids is 4. The van der Waals surface area contributed by atoms with Crippen LogP contribution in [0.5, 0.6) is 11.5 Å². The van der Waals surface area contributed by atoms with Crippen LogP contribution >= 0.6 is 11.6 Å². The normalized spacial score (nSPS) is 13.5. The first-order valence-corrected chi connectivity index (χ1v) is 43.5. The van der Waals surface area contributed by atoms with Crippen LogP contribution in [0.4, 0.5) is 39.1 Å². The Morgan fingerprint density at radius 3 is 1.50 bits per heavy atom. The number of hydrogen-bond acceptors (Lipinski definition) is 28. The van der Waals surface area contributed by atoms with Crippen molar-refractivity contribution in [3.63, 3.8) is 0 Å². The number of alkyl halides is 6. The number of imidazole rings is 1. The van der Waals surface area contributed by atoms with Crippen LogP contribution < -0.4 is 35.6 Å². The van der Waals surface area contributed by atoms with Gasteiger partial charge in [0.15, 0.2) is 0 Å². The number of aromatic amines is 1. The van der Waals surface area contributed by atoms with Crippen molar-refractivity contribution in [1.82, 2.24) is 45.0 Å². The maximum atomic E-state index is 14.2. The van der Waals surface area contributed by atoms with Crippen molar-refractivity contribution >= 4 is 58.1 Å². The quantitative estimate of drug-likeness (QED) is 0.0103. The number of hydrogen-bond donors (Lipinski definition) is 5. The number of carbonyl (C=O) groups is 4. The molecule has 7 aromatic rings. The predicted molar refractivity (Wildman–Crippen MR) is 466 cm³/mol. The molecule has 2 fully saturated rings. The smallest absolute Gasteiger partial charge is 0.487 e. The summed E-state index contributed by atoms with van der Waals surface area (Å²) in [5.41, 5.74) is 0.367. The molecular weight excluding hydrogens is 1720 g/mol. The van der Waals surface area contributed by atoms with Crippen LogP contribution in [0.15, 0.2) is 110 Å². The summed E-state index contributed by atoms with van der Waals surface area (Å²) in [4.78, 5) is 67.1. The summed E-state index contributed by atoms with van der Waals surface area (Å²) >= 11 is 4.84. The number of halogens is 6. The second kappa shape index (κ2) is 59.9. The van der Waals surface area contributed by atoms with E-state index in [0.29, 0.717) is 309 Å². The van der Waals surface area contributed by atoms with E-state index < -0.39 is 29.1 Å². The van der Waals surface area contributed by atoms with Crippen LogP contribution in [-0.2, 0) is 98.1 Å². The molecule has 5 N–H and O–H groups in total. The van der Waals surface area contributed by atoms with Gasteiger partial charge in [0.25, 0.3) is 11.8 Å². The van der Waals surface area contributed by atoms with Crippen molar-refractivity contribution < 1.29 is 126 Å². The van der Waals surface area contributed by atoms with E-state index in [1.807, 2.05) is 23.3 Å². The average molecular weight is 1840 g/mol. The van der Waals surface area contributed by atoms with E-state index in [0.717, 1.165) is 24.7 Å². The highest BCUT2D eigenvalue weighted by molar-refractivity contribution is 6.20. The summed E-state index contributed by atoms with van der Waals surface area (Å²) in [6, 6.07) is 21.3. The lowest BCUT2D eigenvalue weighted by atomic mass is 9.95. The van der Waals surface area contributed by atoms with E-state index >= 15 is 0 Å². The lowest BCUT2D eigenvalue weighted by Crippen LogP contribution is -2.44. The van der Waals surface area contributed by atoms with E-state index in [4.69, 9.17) is 92.1 Å². The van der Waals surface area contributed by atoms with Gasteiger partial charge >= 0.3 is 11.7 Å². The number of nitrogens with one attached hydrogen (secondary N) is 5. The number of H-pyrrole nitrogens is 1. The molecule has 0 aliphatic carbocycles. The fourth-order valence-electron chi connectivity index (χ4n) is 12.8. The second-order valence-corrected chi connectivity index (χ2v) is 29.7. The molecule has 3 aromatic carbocycles. The minimum atomic E-state index is -4.59. The van der Waals surface area contributed by atoms with Gasteiger partial charge < -0.3 is 116 Å². The van der Waals surface area contributed by atoms with Gasteiger partial charge in [-0.3, -0.25) is 33.6 Å². The Bertz CT molecular complexity index is 4420. The van der Waals surface area contributed by atoms with Crippen LogP contribution in [0.3, 0.4) is 0 Å². The molecule has 0 saturated carbocycles. The number of anilines is 3. The van der Waals surface area contributed by atoms with Crippen molar-refractivity contribution in [2.24, 2.45) is 5.92 Å². The molecular formula is C89H120ClF5N12O22. The van der Waals surface area contributed by atoms with Gasteiger partial charge in [-0.25, -0.2) is 9.97 Å². The molecule has 2 saturated heterocycles. The zero-order chi connectivity index (χ0) is 91.2. The Morgan fingerprint density at radius 2 is 0.984 bits per heavy atom. The van der Waals surface area contributed by atoms with E-state index in [1.54, 1.807) is 61.1 Å². The predicted octanol–water partition coefficient (Wildman–Crippen LogP) is 8.45. The number of piperidine rings is 1. The lowest BCUT2D eigenvalue weighted by molar-refractivity contribution is -0.138. The maximum absolute atomic E-state index is 14.2. The summed E-state index contributed by atoms with van der Waals surface area (Å²) in [7, 11) is 1.99. The number of fused-ring (bicyclic) bond motifs is 1. The number of aromatic nitrogens is 5. The molecule has 0 radical (unpaired) electrons. The molecule has 0 unspecified atom stereocenters. The number of nitrogens with zero attached hydrogens (tertiary/aromatic N) is 7. The molecule has 129 heavy (non-hydrogen) atoms. The number of pyridine rings is 2. The molecule has 34 nitrogen and oxygen atoms in total. The zero-order valence-electron chi connectivity index (χ0n) is 73.2. The monoisotopic (exact) mass is 1840 g/mol. The van der Waals surface area contributed by atoms with Crippen molar-refractivity contribution in [2.45, 2.75) is 44.5 Å². The SMILES string of the molecule is Cc1ccc(C(=O)Nc2ccc(CN3CCN(C)CC3)c(C(F)(F)F)c2)cc1C#Cc1cnc2cc(OCCOCCOCCOCCOCCOCCOCCNC(=O)CCOCCOCCOCCOCCOCCOCCOCCOCCOCCOCCNC(=O)C3CCN(c4ncc(C(=O)Nc5ccc(OC(F)(F)Cl)cc5)cc4-c4ccn[nH]4)CC3)ccn12. The van der Waals surface area contributed by atoms with Gasteiger partial charge in [-0.05, 0) is 111 Å². The van der Waals surface area contributed by atoms with Crippen LogP contribution in [0.1, 0.15) is 67.9 Å². The largest absolute Gasteiger partial charge is 0.491 e. The Balaban J connectivity index is 0.441. The second-order valence-electron chi connectivity index (χ2n) is 29.3. The number of benzene rings is 3. The van der Waals surface area contributed by atoms with E-state index in [1.165, 1.54) is 42.6 Å². The molecule has 40 heteroatoms. The number of rotatable bonds is 66. The first kappa shape index (κ1) is 103. The first-order chi connectivity index (χ1) is 62.8. The van der Waals surface area contributed by atoms with Crippen LogP contribution in [0.2, 0.25) is 0 Å². The van der Waals surface area contributed by atoms with E-state index in [-0.39, 0.29) is 65.4 Å². The molecule has 0 spiro atoms. The highest BCUT2D eigenvalue weighted by Crippen LogP contribution is 2.36. The summed E-state index contributed by atoms with van der Waals surface area (Å²) in [5.74, 6) is 5.95. The van der Waals surface area contributed by atoms with Gasteiger partial charge in [0.1, 0.15) is 35.3 Å². The number of piperazine rings is 1. The molecule has 6 heterocycles. The molecule has 9 rings (SSSR count). The fourth-order valence-corrected chi connectivity index (χ4v) is 12.9. The van der Waals surface area contributed by atoms with Crippen molar-refractivity contribution in [3.05, 3.63) is 149 Å². The topological polar surface area (TPSA) is 351 Å². The lowest BCUT2D eigenvalue weighted by Gasteiger charge is -2.33. The summed E-state index contributed by atoms with van der Waals surface area (Å²) < 4.78 is 170. The van der Waals surface area contributed by atoms with Gasteiger partial charge in [-0.2, -0.15) is 18.3 Å². The Morgan fingerprint density at radius 1 is 0.496 bits per heavy atom. The third-order valence-electron chi connectivity index (χ3n) is 19.7. The van der Waals surface area contributed by atoms with E-state index in [9.17, 15) is 41.1 Å². The third-order valence-corrected chi connectivity index (χ3v) is 19.8. The van der Waals surface area contributed by atoms with Crippen LogP contribution in [0, 0.1) is 24.7 Å². The van der Waals surface area contributed by atoms with Crippen molar-refractivity contribution in [2.75, 3.05) is 293 Å². The van der Waals surface area contributed by atoms with Gasteiger partial charge in [0, 0.05) is 136 Å². The summed E-state index contributed by atoms with van der Waals surface area (Å²) in [6.07, 6.45) is 3.33. The Labute approximate surface area is 752 Å². The number of aryl methyl sites for hydroxylation is 1. The number of amides is 4. The molecule has 4 amide bonds. The minimum absolute atomic E-state index is 0.0424. The molecule has 0 bridgehead atoms. The Hall–Kier alpha value is -9.23. The molecule has 2 aliphatic heterocycles. The van der Waals surface area contributed by atoms with Crippen molar-refractivity contribution in [1.29, 1.82) is 0 Å². The van der Waals surface area contributed by atoms with E-state index in [2.05, 4.69) is 67.8 Å². The first-order valence-electron chi connectivity index (χ1n) is 43.2. The molecule has 0 atom stereocenters. The molecule has 2 aliphatic rings. The summed E-state index contributed by atoms with van der Waals surface area (Å²) in [5, 5.41) is 18.1. The van der Waals surface area contributed by atoms with Gasteiger partial charge in [0.2, 0.25) is 11.8 Å². The zero-order valence-corrected chi connectivity index (χ0v) is 73.9. The standard InChI is InChI=1S/C89H120ClF5N12O22/c1-68-3-4-71(86(110)102-75-7-5-72(80(63-75)88(91,92)93)67-105-26-24-104(2)25-27-105)61-70(68)6-10-76-66-98-82-64-78(16-23-107(76)82)128-60-59-127-58-57-126-56-55-125-48-45-119-41-38-116-35-32-113-29-19-96-83(108)17-28-112-31-34-115-37-40-118-43-46-121-49-51-123-53-54-124-52-50-122-47-44-120-42-39-117-36-33-114-30-20-97-85(109)69-14-21-106(22-15-69)84-79(81-13-18-100-103-81)62-73(65-99-84)87(111)101-74-8-11-77(12-9-74)129-89(90,94)95/h3-5,7-9,11-13,16,18,23,61-66,69H,14-15,17,19-22,24-60,67H2,1-2H3,(H,96,108)(H,97,109)(H,100,103)(H,101,111)(H,102,110). The fraction of sp³-hybridized carbons (Fsp3) is 0.562. The number of ether oxygens (including phenoxy) is 18. The van der Waals surface area contributed by atoms with Crippen molar-refractivity contribution in [3.8, 4) is 34.6 Å². The number of likely N-dealkylation sites (N-methyl/N-ethyl adjacent to an activating group) is 1. The molecule has 4 aromatic heterocycles. The average Bonchev–Trinajstić information content (AvgIpc) is 1.78. The van der Waals surface area contributed by atoms with Gasteiger partial charge in [-0.1, -0.05) is 18.1 Å². The summed E-state index contributed by atoms with van der Waals surface area (Å²) in [6.45, 7) is 19.9. The van der Waals surface area contributed by atoms with Crippen LogP contribution in [0.25, 0.3) is 16.9 Å².